The lowest BCUT2D eigenvalue weighted by Gasteiger charge is -2.16. The number of rotatable bonds is 12. The van der Waals surface area contributed by atoms with Crippen LogP contribution in [0.25, 0.3) is 33.2 Å². The summed E-state index contributed by atoms with van der Waals surface area (Å²) in [5.74, 6) is -2.17. The fraction of sp³-hybridized carbons (Fsp3) is 0.474. The fourth-order valence-corrected chi connectivity index (χ4v) is 7.21. The standard InChI is InChI=1S/C38H49N5O4/c1-8-10-11-12-15-39-19-27-22(5)28-16-30-21(4)26(13-14-34(44)45)36(42-30)24(7)37-35(38(46)47)23(6)31(43-37)18-32-25(9-2)20(3)29(40-32)17-33(27)41-28/h16-18,21,26,39-41H,8-15,19H2,1-7H3,(H,44,45)(H,46,47)/t21-,26-/m0/s1. The Morgan fingerprint density at radius 3 is 2.19 bits per heavy atom. The zero-order valence-electron chi connectivity index (χ0n) is 28.9. The second kappa shape index (κ2) is 14.3. The molecule has 47 heavy (non-hydrogen) atoms. The van der Waals surface area contributed by atoms with Gasteiger partial charge in [-0.25, -0.2) is 9.78 Å². The van der Waals surface area contributed by atoms with Gasteiger partial charge < -0.3 is 25.5 Å². The molecule has 9 nitrogen and oxygen atoms in total. The third-order valence-electron chi connectivity index (χ3n) is 10.1. The maximum Gasteiger partial charge on any atom is 0.338 e. The summed E-state index contributed by atoms with van der Waals surface area (Å²) < 4.78 is 0. The van der Waals surface area contributed by atoms with E-state index in [9.17, 15) is 19.8 Å². The molecule has 0 saturated carbocycles. The highest BCUT2D eigenvalue weighted by Crippen LogP contribution is 2.43. The van der Waals surface area contributed by atoms with Gasteiger partial charge in [-0.1, -0.05) is 40.0 Å². The first-order chi connectivity index (χ1) is 22.5. The molecule has 0 aromatic carbocycles. The Balaban J connectivity index is 1.83. The first-order valence-corrected chi connectivity index (χ1v) is 17.1. The molecule has 5 heterocycles. The lowest BCUT2D eigenvalue weighted by atomic mass is 9.85. The smallest absolute Gasteiger partial charge is 0.338 e. The van der Waals surface area contributed by atoms with E-state index in [4.69, 9.17) is 9.97 Å². The molecule has 0 radical (unpaired) electrons. The van der Waals surface area contributed by atoms with Crippen LogP contribution in [0.4, 0.5) is 0 Å². The van der Waals surface area contributed by atoms with Crippen LogP contribution in [0.2, 0.25) is 0 Å². The van der Waals surface area contributed by atoms with Crippen LogP contribution in [0.15, 0.2) is 18.2 Å². The molecule has 2 aliphatic rings. The van der Waals surface area contributed by atoms with Crippen LogP contribution in [-0.4, -0.2) is 48.6 Å². The quantitative estimate of drug-likeness (QED) is 0.126. The number of carboxylic acid groups (broad SMARTS) is 2. The van der Waals surface area contributed by atoms with Crippen molar-refractivity contribution in [2.24, 2.45) is 0 Å². The predicted molar refractivity (Wildman–Crippen MR) is 189 cm³/mol. The Morgan fingerprint density at radius 1 is 0.851 bits per heavy atom. The van der Waals surface area contributed by atoms with Gasteiger partial charge in [0.05, 0.1) is 17.0 Å². The van der Waals surface area contributed by atoms with Gasteiger partial charge in [0.1, 0.15) is 0 Å². The second-order valence-corrected chi connectivity index (χ2v) is 13.2. The van der Waals surface area contributed by atoms with Gasteiger partial charge in [0.15, 0.2) is 0 Å². The second-order valence-electron chi connectivity index (χ2n) is 13.2. The number of unbranched alkanes of at least 4 members (excludes halogenated alkanes) is 3. The molecule has 2 atom stereocenters. The maximum absolute atomic E-state index is 12.7. The summed E-state index contributed by atoms with van der Waals surface area (Å²) in [6, 6.07) is 6.23. The number of nitrogens with zero attached hydrogens (tertiary/aromatic N) is 2. The van der Waals surface area contributed by atoms with Crippen LogP contribution in [0.1, 0.15) is 129 Å². The van der Waals surface area contributed by atoms with Gasteiger partial charge in [0.2, 0.25) is 0 Å². The average Bonchev–Trinajstić information content (AvgIpc) is 3.71. The van der Waals surface area contributed by atoms with E-state index in [1.807, 2.05) is 13.0 Å². The molecule has 0 amide bonds. The monoisotopic (exact) mass is 639 g/mol. The van der Waals surface area contributed by atoms with Crippen LogP contribution < -0.4 is 5.32 Å². The minimum atomic E-state index is -1.04. The van der Waals surface area contributed by atoms with Crippen molar-refractivity contribution in [2.75, 3.05) is 6.54 Å². The Hall–Kier alpha value is -4.24. The van der Waals surface area contributed by atoms with E-state index in [2.05, 4.69) is 62.0 Å². The van der Waals surface area contributed by atoms with Crippen LogP contribution in [-0.2, 0) is 22.6 Å². The molecule has 250 valence electrons. The summed E-state index contributed by atoms with van der Waals surface area (Å²) in [4.78, 5) is 41.7. The first kappa shape index (κ1) is 34.1. The molecule has 3 aromatic rings. The molecular weight excluding hydrogens is 590 g/mol. The molecule has 5 N–H and O–H groups in total. The lowest BCUT2D eigenvalue weighted by molar-refractivity contribution is -0.137. The fourth-order valence-electron chi connectivity index (χ4n) is 7.21. The molecule has 2 aliphatic heterocycles. The Morgan fingerprint density at radius 2 is 1.53 bits per heavy atom. The number of carboxylic acids is 2. The van der Waals surface area contributed by atoms with E-state index in [1.165, 1.54) is 24.8 Å². The van der Waals surface area contributed by atoms with Gasteiger partial charge in [0.25, 0.3) is 0 Å². The molecule has 0 spiro atoms. The normalized spacial score (nSPS) is 16.2. The van der Waals surface area contributed by atoms with E-state index >= 15 is 0 Å². The zero-order chi connectivity index (χ0) is 34.0. The third-order valence-corrected chi connectivity index (χ3v) is 10.1. The Bertz CT molecular complexity index is 1900. The van der Waals surface area contributed by atoms with Crippen LogP contribution >= 0.6 is 0 Å². The van der Waals surface area contributed by atoms with Crippen LogP contribution in [0.3, 0.4) is 0 Å². The van der Waals surface area contributed by atoms with Crippen molar-refractivity contribution in [2.45, 2.75) is 112 Å². The van der Waals surface area contributed by atoms with Gasteiger partial charge in [-0.3, -0.25) is 9.78 Å². The molecular formula is C38H49N5O4. The van der Waals surface area contributed by atoms with Crippen LogP contribution in [0.5, 0.6) is 0 Å². The topological polar surface area (TPSA) is 144 Å². The SMILES string of the molecule is CCCCCCNCc1c(C)c2cc3nc(c(C)c4nc(cc5[nH]c(cc1[nH]2)c(C)c5CC)C(C)=C4C(=O)O)[C@@H](CCC(=O)O)[C@@H]3C. The molecule has 0 unspecified atom stereocenters. The first-order valence-electron chi connectivity index (χ1n) is 17.1. The number of aromatic amines is 2. The predicted octanol–water partition coefficient (Wildman–Crippen LogP) is 8.24. The van der Waals surface area contributed by atoms with Crippen molar-refractivity contribution in [1.82, 2.24) is 25.3 Å². The molecule has 5 rings (SSSR count). The summed E-state index contributed by atoms with van der Waals surface area (Å²) in [7, 11) is 0. The number of fused-ring (bicyclic) bond motifs is 8. The number of nitrogens with one attached hydrogen (secondary N) is 3. The molecule has 3 aromatic heterocycles. The average molecular weight is 640 g/mol. The Labute approximate surface area is 277 Å². The summed E-state index contributed by atoms with van der Waals surface area (Å²) in [5.41, 5.74) is 12.5. The van der Waals surface area contributed by atoms with E-state index in [0.29, 0.717) is 34.6 Å². The molecule has 0 fully saturated rings. The minimum Gasteiger partial charge on any atom is -0.481 e. The summed E-state index contributed by atoms with van der Waals surface area (Å²) in [6.45, 7) is 16.1. The highest BCUT2D eigenvalue weighted by molar-refractivity contribution is 6.24. The van der Waals surface area contributed by atoms with Crippen LogP contribution in [0, 0.1) is 20.8 Å². The van der Waals surface area contributed by atoms with Gasteiger partial charge in [-0.05, 0) is 105 Å². The number of carbonyl (C=O) groups is 2. The van der Waals surface area contributed by atoms with Gasteiger partial charge >= 0.3 is 11.9 Å². The molecule has 0 aliphatic carbocycles. The Kier molecular flexibility index (Phi) is 10.3. The van der Waals surface area contributed by atoms with E-state index in [1.54, 1.807) is 6.92 Å². The number of hydrogen-bond donors (Lipinski definition) is 5. The number of aliphatic carboxylic acids is 2. The number of H-pyrrole nitrogens is 2. The number of allylic oxidation sites excluding steroid dienone is 1. The highest BCUT2D eigenvalue weighted by atomic mass is 16.4. The zero-order valence-corrected chi connectivity index (χ0v) is 28.9. The van der Waals surface area contributed by atoms with Crippen molar-refractivity contribution in [1.29, 1.82) is 0 Å². The summed E-state index contributed by atoms with van der Waals surface area (Å²) >= 11 is 0. The van der Waals surface area contributed by atoms with Crippen molar-refractivity contribution in [3.05, 3.63) is 68.8 Å². The summed E-state index contributed by atoms with van der Waals surface area (Å²) in [6.07, 6.45) is 6.02. The van der Waals surface area contributed by atoms with Gasteiger partial charge in [-0.2, -0.15) is 0 Å². The van der Waals surface area contributed by atoms with Gasteiger partial charge in [-0.15, -0.1) is 0 Å². The van der Waals surface area contributed by atoms with Crippen molar-refractivity contribution in [3.63, 3.8) is 0 Å². The molecule has 8 bridgehead atoms. The molecule has 0 saturated heterocycles. The van der Waals surface area contributed by atoms with Gasteiger partial charge in [0, 0.05) is 58.3 Å². The minimum absolute atomic E-state index is 0.00430. The number of hydrogen-bond acceptors (Lipinski definition) is 5. The lowest BCUT2D eigenvalue weighted by Crippen LogP contribution is -2.15. The number of aromatic nitrogens is 4. The third kappa shape index (κ3) is 6.77. The van der Waals surface area contributed by atoms with E-state index < -0.39 is 11.9 Å². The van der Waals surface area contributed by atoms with Crippen molar-refractivity contribution in [3.8, 4) is 0 Å². The van der Waals surface area contributed by atoms with Crippen molar-refractivity contribution < 1.29 is 19.8 Å². The summed E-state index contributed by atoms with van der Waals surface area (Å²) in [5, 5.41) is 23.6. The largest absolute Gasteiger partial charge is 0.481 e. The number of aryl methyl sites for hydroxylation is 3. The van der Waals surface area contributed by atoms with E-state index in [0.717, 1.165) is 70.4 Å². The van der Waals surface area contributed by atoms with Crippen molar-refractivity contribution >= 4 is 45.2 Å². The molecule has 9 heteroatoms. The maximum atomic E-state index is 12.7. The van der Waals surface area contributed by atoms with E-state index in [-0.39, 0.29) is 23.8 Å². The highest BCUT2D eigenvalue weighted by Gasteiger charge is 2.33.